The average Bonchev–Trinajstić information content (AvgIpc) is 2.57. The topological polar surface area (TPSA) is 69.7 Å². The molecule has 5 heteroatoms. The summed E-state index contributed by atoms with van der Waals surface area (Å²) in [6, 6.07) is 6.34. The smallest absolute Gasteiger partial charge is 0.339 e. The van der Waals surface area contributed by atoms with Crippen LogP contribution >= 0.6 is 0 Å². The molecule has 0 aliphatic rings. The van der Waals surface area contributed by atoms with E-state index in [1.807, 2.05) is 13.8 Å². The highest BCUT2D eigenvalue weighted by molar-refractivity contribution is 6.03. The number of carbonyl (C=O) groups excluding carboxylic acids is 3. The molecule has 1 aromatic rings. The third kappa shape index (κ3) is 4.98. The number of carbonyl (C=O) groups is 3. The second-order valence-electron chi connectivity index (χ2n) is 5.01. The quantitative estimate of drug-likeness (QED) is 0.690. The van der Waals surface area contributed by atoms with Crippen LogP contribution in [0.15, 0.2) is 24.3 Å². The fourth-order valence-electron chi connectivity index (χ4n) is 2.01. The van der Waals surface area contributed by atoms with Gasteiger partial charge in [0.2, 0.25) is 0 Å². The van der Waals surface area contributed by atoms with E-state index in [2.05, 4.69) is 4.74 Å². The van der Waals surface area contributed by atoms with Gasteiger partial charge >= 0.3 is 11.9 Å². The van der Waals surface area contributed by atoms with Gasteiger partial charge in [0.25, 0.3) is 0 Å². The zero-order valence-electron chi connectivity index (χ0n) is 13.3. The van der Waals surface area contributed by atoms with Crippen molar-refractivity contribution in [3.63, 3.8) is 0 Å². The molecular formula is C17H22O5. The van der Waals surface area contributed by atoms with Crippen molar-refractivity contribution in [2.24, 2.45) is 5.92 Å². The molecule has 0 spiro atoms. The highest BCUT2D eigenvalue weighted by atomic mass is 16.5. The second-order valence-corrected chi connectivity index (χ2v) is 5.01. The van der Waals surface area contributed by atoms with Crippen LogP contribution in [0, 0.1) is 5.92 Å². The van der Waals surface area contributed by atoms with Crippen molar-refractivity contribution < 1.29 is 23.9 Å². The summed E-state index contributed by atoms with van der Waals surface area (Å²) in [6.45, 7) is 3.92. The van der Waals surface area contributed by atoms with Gasteiger partial charge in [-0.05, 0) is 24.5 Å². The van der Waals surface area contributed by atoms with E-state index in [9.17, 15) is 14.4 Å². The van der Waals surface area contributed by atoms with Gasteiger partial charge in [-0.3, -0.25) is 4.79 Å². The van der Waals surface area contributed by atoms with Gasteiger partial charge in [0.15, 0.2) is 0 Å². The molecule has 0 amide bonds. The van der Waals surface area contributed by atoms with E-state index in [1.165, 1.54) is 19.2 Å². The molecule has 0 bridgehead atoms. The Morgan fingerprint density at radius 3 is 2.14 bits per heavy atom. The lowest BCUT2D eigenvalue weighted by molar-refractivity contribution is -0.120. The maximum Gasteiger partial charge on any atom is 0.339 e. The van der Waals surface area contributed by atoms with E-state index in [-0.39, 0.29) is 29.4 Å². The van der Waals surface area contributed by atoms with Crippen LogP contribution in [0.3, 0.4) is 0 Å². The molecule has 1 atom stereocenters. The van der Waals surface area contributed by atoms with Gasteiger partial charge in [-0.2, -0.15) is 0 Å². The van der Waals surface area contributed by atoms with Crippen LogP contribution in [0.1, 0.15) is 53.8 Å². The number of rotatable bonds is 8. The van der Waals surface area contributed by atoms with Crippen molar-refractivity contribution in [3.8, 4) is 0 Å². The van der Waals surface area contributed by atoms with Crippen molar-refractivity contribution in [3.05, 3.63) is 35.4 Å². The lowest BCUT2D eigenvalue weighted by Crippen LogP contribution is -2.18. The second kappa shape index (κ2) is 8.97. The minimum Gasteiger partial charge on any atom is -0.465 e. The van der Waals surface area contributed by atoms with Crippen molar-refractivity contribution in [1.29, 1.82) is 0 Å². The predicted octanol–water partition coefficient (Wildman–Crippen LogP) is 3.03. The summed E-state index contributed by atoms with van der Waals surface area (Å²) in [4.78, 5) is 35.3. The molecule has 120 valence electrons. The van der Waals surface area contributed by atoms with E-state index in [0.29, 0.717) is 12.8 Å². The zero-order valence-corrected chi connectivity index (χ0v) is 13.3. The number of methoxy groups -OCH3 is 1. The molecule has 1 unspecified atom stereocenters. The van der Waals surface area contributed by atoms with E-state index in [0.717, 1.165) is 6.42 Å². The van der Waals surface area contributed by atoms with Crippen LogP contribution in [0.2, 0.25) is 0 Å². The standard InChI is InChI=1S/C17H22O5/c1-4-12(10-13(18)5-2)11-22-17(20)15-9-7-6-8-14(15)16(19)21-3/h6-9,12H,4-5,10-11H2,1-3H3. The van der Waals surface area contributed by atoms with Crippen LogP contribution in [0.25, 0.3) is 0 Å². The summed E-state index contributed by atoms with van der Waals surface area (Å²) < 4.78 is 9.91. The summed E-state index contributed by atoms with van der Waals surface area (Å²) in [5.41, 5.74) is 0.346. The van der Waals surface area contributed by atoms with Gasteiger partial charge in [-0.15, -0.1) is 0 Å². The lowest BCUT2D eigenvalue weighted by atomic mass is 9.99. The van der Waals surface area contributed by atoms with Gasteiger partial charge in [0.1, 0.15) is 5.78 Å². The Bertz CT molecular complexity index is 536. The summed E-state index contributed by atoms with van der Waals surface area (Å²) in [5.74, 6) is -1.01. The van der Waals surface area contributed by atoms with Gasteiger partial charge in [-0.1, -0.05) is 26.0 Å². The van der Waals surface area contributed by atoms with Gasteiger partial charge in [-0.25, -0.2) is 9.59 Å². The van der Waals surface area contributed by atoms with Crippen LogP contribution in [-0.2, 0) is 14.3 Å². The van der Waals surface area contributed by atoms with Crippen LogP contribution < -0.4 is 0 Å². The monoisotopic (exact) mass is 306 g/mol. The number of esters is 2. The maximum atomic E-state index is 12.1. The van der Waals surface area contributed by atoms with Crippen molar-refractivity contribution in [2.45, 2.75) is 33.1 Å². The lowest BCUT2D eigenvalue weighted by Gasteiger charge is -2.14. The van der Waals surface area contributed by atoms with Crippen LogP contribution in [-0.4, -0.2) is 31.4 Å². The highest BCUT2D eigenvalue weighted by Crippen LogP contribution is 2.15. The van der Waals surface area contributed by atoms with Crippen molar-refractivity contribution >= 4 is 17.7 Å². The van der Waals surface area contributed by atoms with E-state index in [4.69, 9.17) is 4.74 Å². The normalized spacial score (nSPS) is 11.6. The SMILES string of the molecule is CCC(=O)CC(CC)COC(=O)c1ccccc1C(=O)OC. The Hall–Kier alpha value is -2.17. The number of ketones is 1. The highest BCUT2D eigenvalue weighted by Gasteiger charge is 2.20. The van der Waals surface area contributed by atoms with Gasteiger partial charge < -0.3 is 9.47 Å². The molecule has 0 saturated carbocycles. The summed E-state index contributed by atoms with van der Waals surface area (Å²) in [6.07, 6.45) is 1.63. The molecule has 0 N–H and O–H groups in total. The number of Topliss-reactive ketones (excluding diaryl/α,β-unsaturated/α-hetero) is 1. The first-order valence-corrected chi connectivity index (χ1v) is 7.39. The minimum atomic E-state index is -0.583. The third-order valence-electron chi connectivity index (χ3n) is 3.49. The number of ether oxygens (including phenoxy) is 2. The van der Waals surface area contributed by atoms with Gasteiger partial charge in [0, 0.05) is 12.8 Å². The predicted molar refractivity (Wildman–Crippen MR) is 81.8 cm³/mol. The fourth-order valence-corrected chi connectivity index (χ4v) is 2.01. The first-order valence-electron chi connectivity index (χ1n) is 7.39. The third-order valence-corrected chi connectivity index (χ3v) is 3.49. The van der Waals surface area contributed by atoms with Crippen molar-refractivity contribution in [2.75, 3.05) is 13.7 Å². The van der Waals surface area contributed by atoms with E-state index in [1.54, 1.807) is 12.1 Å². The summed E-state index contributed by atoms with van der Waals surface area (Å²) >= 11 is 0. The van der Waals surface area contributed by atoms with Crippen LogP contribution in [0.4, 0.5) is 0 Å². The summed E-state index contributed by atoms with van der Waals surface area (Å²) in [5, 5.41) is 0. The Kier molecular flexibility index (Phi) is 7.29. The zero-order chi connectivity index (χ0) is 16.5. The largest absolute Gasteiger partial charge is 0.465 e. The van der Waals surface area contributed by atoms with E-state index < -0.39 is 11.9 Å². The minimum absolute atomic E-state index is 0.00156. The van der Waals surface area contributed by atoms with E-state index >= 15 is 0 Å². The first kappa shape index (κ1) is 17.9. The number of benzene rings is 1. The van der Waals surface area contributed by atoms with Crippen LogP contribution in [0.5, 0.6) is 0 Å². The number of hydrogen-bond acceptors (Lipinski definition) is 5. The van der Waals surface area contributed by atoms with Gasteiger partial charge in [0.05, 0.1) is 24.8 Å². The molecule has 0 aliphatic carbocycles. The molecule has 0 radical (unpaired) electrons. The number of hydrogen-bond donors (Lipinski definition) is 0. The molecule has 0 aliphatic heterocycles. The fraction of sp³-hybridized carbons (Fsp3) is 0.471. The Balaban J connectivity index is 2.73. The average molecular weight is 306 g/mol. The molecule has 0 aromatic heterocycles. The molecule has 22 heavy (non-hydrogen) atoms. The molecular weight excluding hydrogens is 284 g/mol. The molecule has 5 nitrogen and oxygen atoms in total. The molecule has 1 aromatic carbocycles. The Morgan fingerprint density at radius 1 is 1.05 bits per heavy atom. The molecule has 0 heterocycles. The Morgan fingerprint density at radius 2 is 1.64 bits per heavy atom. The Labute approximate surface area is 130 Å². The molecule has 1 rings (SSSR count). The first-order chi connectivity index (χ1) is 10.5. The molecule has 0 fully saturated rings. The molecule has 0 saturated heterocycles. The van der Waals surface area contributed by atoms with Crippen molar-refractivity contribution in [1.82, 2.24) is 0 Å². The maximum absolute atomic E-state index is 12.1. The summed E-state index contributed by atoms with van der Waals surface area (Å²) in [7, 11) is 1.26.